The highest BCUT2D eigenvalue weighted by Gasteiger charge is 2.30. The summed E-state index contributed by atoms with van der Waals surface area (Å²) < 4.78 is 5.13. The molecule has 0 aliphatic carbocycles. The summed E-state index contributed by atoms with van der Waals surface area (Å²) in [6, 6.07) is 19.8. The van der Waals surface area contributed by atoms with E-state index in [1.807, 2.05) is 48.5 Å². The molecule has 6 nitrogen and oxygen atoms in total. The summed E-state index contributed by atoms with van der Waals surface area (Å²) in [5.41, 5.74) is 7.37. The Morgan fingerprint density at radius 2 is 1.44 bits per heavy atom. The Balaban J connectivity index is 1.57. The van der Waals surface area contributed by atoms with E-state index in [1.165, 1.54) is 5.56 Å². The van der Waals surface area contributed by atoms with Crippen LogP contribution in [0.5, 0.6) is 0 Å². The van der Waals surface area contributed by atoms with Crippen LogP contribution in [0, 0.1) is 0 Å². The summed E-state index contributed by atoms with van der Waals surface area (Å²) in [5, 5.41) is 0. The third kappa shape index (κ3) is 5.56. The Labute approximate surface area is 159 Å². The van der Waals surface area contributed by atoms with E-state index in [4.69, 9.17) is 10.5 Å². The first-order valence-corrected chi connectivity index (χ1v) is 9.17. The Kier molecular flexibility index (Phi) is 6.44. The number of rotatable bonds is 6. The lowest BCUT2D eigenvalue weighted by Gasteiger charge is -2.36. The second-order valence-corrected chi connectivity index (χ2v) is 6.70. The van der Waals surface area contributed by atoms with Gasteiger partial charge in [-0.1, -0.05) is 60.7 Å². The molecule has 0 unspecified atom stereocenters. The highest BCUT2D eigenvalue weighted by atomic mass is 16.6. The fraction of sp³-hybridized carbons (Fsp3) is 0.333. The number of amides is 2. The van der Waals surface area contributed by atoms with Crippen molar-refractivity contribution in [2.75, 3.05) is 26.2 Å². The zero-order chi connectivity index (χ0) is 19.1. The van der Waals surface area contributed by atoms with Crippen LogP contribution in [0.4, 0.5) is 4.79 Å². The molecule has 142 valence electrons. The van der Waals surface area contributed by atoms with Crippen LogP contribution in [0.25, 0.3) is 0 Å². The summed E-state index contributed by atoms with van der Waals surface area (Å²) in [5.74, 6) is -0.183. The molecule has 2 N–H and O–H groups in total. The molecule has 3 rings (SSSR count). The Hall–Kier alpha value is -2.86. The van der Waals surface area contributed by atoms with E-state index in [0.717, 1.165) is 25.2 Å². The zero-order valence-electron chi connectivity index (χ0n) is 15.3. The highest BCUT2D eigenvalue weighted by Crippen LogP contribution is 2.13. The van der Waals surface area contributed by atoms with Crippen LogP contribution in [0.15, 0.2) is 60.7 Å². The third-order valence-electron chi connectivity index (χ3n) is 4.73. The first-order valence-electron chi connectivity index (χ1n) is 9.17. The average molecular weight is 367 g/mol. The molecule has 2 aromatic rings. The smallest absolute Gasteiger partial charge is 0.405 e. The third-order valence-corrected chi connectivity index (χ3v) is 4.73. The minimum absolute atomic E-state index is 0.183. The van der Waals surface area contributed by atoms with E-state index < -0.39 is 12.2 Å². The van der Waals surface area contributed by atoms with Gasteiger partial charge in [-0.2, -0.15) is 0 Å². The largest absolute Gasteiger partial charge is 0.436 e. The van der Waals surface area contributed by atoms with Crippen LogP contribution >= 0.6 is 0 Å². The van der Waals surface area contributed by atoms with E-state index in [0.29, 0.717) is 19.5 Å². The number of hydrogen-bond acceptors (Lipinski definition) is 4. The molecular formula is C21H25N3O3. The van der Waals surface area contributed by atoms with Crippen molar-refractivity contribution in [3.05, 3.63) is 71.8 Å². The van der Waals surface area contributed by atoms with Crippen LogP contribution in [0.2, 0.25) is 0 Å². The van der Waals surface area contributed by atoms with E-state index in [2.05, 4.69) is 17.0 Å². The number of ether oxygens (including phenoxy) is 1. The summed E-state index contributed by atoms with van der Waals surface area (Å²) in [6.45, 7) is 3.66. The molecule has 1 aliphatic rings. The van der Waals surface area contributed by atoms with Gasteiger partial charge in [0.2, 0.25) is 0 Å². The fourth-order valence-electron chi connectivity index (χ4n) is 3.32. The van der Waals surface area contributed by atoms with Crippen LogP contribution in [0.1, 0.15) is 11.1 Å². The maximum Gasteiger partial charge on any atom is 0.405 e. The number of hydrogen-bond donors (Lipinski definition) is 1. The minimum Gasteiger partial charge on any atom is -0.436 e. The van der Waals surface area contributed by atoms with Gasteiger partial charge in [0.1, 0.15) is 0 Å². The molecule has 0 saturated carbocycles. The molecule has 2 amide bonds. The van der Waals surface area contributed by atoms with Crippen molar-refractivity contribution in [3.8, 4) is 0 Å². The van der Waals surface area contributed by atoms with Crippen molar-refractivity contribution >= 4 is 12.0 Å². The fourth-order valence-corrected chi connectivity index (χ4v) is 3.32. The number of carbonyl (C=O) groups excluding carboxylic acids is 2. The lowest BCUT2D eigenvalue weighted by Crippen LogP contribution is -2.52. The SMILES string of the molecule is NC(=O)O[C@@H](Cc1ccccc1)C(=O)N1CCN(Cc2ccccc2)CC1. The Morgan fingerprint density at radius 1 is 0.889 bits per heavy atom. The molecular weight excluding hydrogens is 342 g/mol. The quantitative estimate of drug-likeness (QED) is 0.848. The molecule has 1 fully saturated rings. The average Bonchev–Trinajstić information content (AvgIpc) is 2.69. The van der Waals surface area contributed by atoms with Crippen molar-refractivity contribution < 1.29 is 14.3 Å². The summed E-state index contributed by atoms with van der Waals surface area (Å²) in [7, 11) is 0. The van der Waals surface area contributed by atoms with E-state index in [9.17, 15) is 9.59 Å². The molecule has 1 aliphatic heterocycles. The van der Waals surface area contributed by atoms with Gasteiger partial charge < -0.3 is 15.4 Å². The molecule has 1 heterocycles. The van der Waals surface area contributed by atoms with Gasteiger partial charge in [-0.25, -0.2) is 4.79 Å². The van der Waals surface area contributed by atoms with Crippen molar-refractivity contribution in [1.29, 1.82) is 0 Å². The predicted molar refractivity (Wildman–Crippen MR) is 103 cm³/mol. The van der Waals surface area contributed by atoms with Gasteiger partial charge in [-0.05, 0) is 11.1 Å². The monoisotopic (exact) mass is 367 g/mol. The van der Waals surface area contributed by atoms with E-state index in [1.54, 1.807) is 4.90 Å². The molecule has 6 heteroatoms. The standard InChI is InChI=1S/C21H25N3O3/c22-21(26)27-19(15-17-7-3-1-4-8-17)20(25)24-13-11-23(12-14-24)16-18-9-5-2-6-10-18/h1-10,19H,11-16H2,(H2,22,26)/t19-/m0/s1. The molecule has 1 saturated heterocycles. The molecule has 0 radical (unpaired) electrons. The van der Waals surface area contributed by atoms with Crippen molar-refractivity contribution in [3.63, 3.8) is 0 Å². The van der Waals surface area contributed by atoms with Gasteiger partial charge >= 0.3 is 6.09 Å². The summed E-state index contributed by atoms with van der Waals surface area (Å²) in [4.78, 5) is 28.2. The van der Waals surface area contributed by atoms with Gasteiger partial charge in [-0.3, -0.25) is 9.69 Å². The van der Waals surface area contributed by atoms with Gasteiger partial charge in [0.05, 0.1) is 0 Å². The number of carbonyl (C=O) groups is 2. The maximum atomic E-state index is 12.9. The van der Waals surface area contributed by atoms with Gasteiger partial charge in [0, 0.05) is 39.1 Å². The van der Waals surface area contributed by atoms with Crippen molar-refractivity contribution in [2.24, 2.45) is 5.73 Å². The van der Waals surface area contributed by atoms with Gasteiger partial charge in [0.15, 0.2) is 6.10 Å². The molecule has 0 aromatic heterocycles. The first-order chi connectivity index (χ1) is 13.1. The van der Waals surface area contributed by atoms with Crippen LogP contribution < -0.4 is 5.73 Å². The molecule has 0 spiro atoms. The second kappa shape index (κ2) is 9.19. The second-order valence-electron chi connectivity index (χ2n) is 6.70. The number of primary amides is 1. The lowest BCUT2D eigenvalue weighted by molar-refractivity contribution is -0.142. The van der Waals surface area contributed by atoms with E-state index >= 15 is 0 Å². The zero-order valence-corrected chi connectivity index (χ0v) is 15.3. The van der Waals surface area contributed by atoms with Crippen molar-refractivity contribution in [1.82, 2.24) is 9.80 Å². The topological polar surface area (TPSA) is 75.9 Å². The van der Waals surface area contributed by atoms with Crippen LogP contribution in [-0.2, 0) is 22.5 Å². The number of piperazine rings is 1. The molecule has 2 aromatic carbocycles. The molecule has 1 atom stereocenters. The maximum absolute atomic E-state index is 12.9. The minimum atomic E-state index is -0.924. The Morgan fingerprint density at radius 3 is 2.00 bits per heavy atom. The normalized spacial score (nSPS) is 15.9. The number of benzene rings is 2. The van der Waals surface area contributed by atoms with Crippen LogP contribution in [-0.4, -0.2) is 54.1 Å². The highest BCUT2D eigenvalue weighted by molar-refractivity contribution is 5.83. The van der Waals surface area contributed by atoms with E-state index in [-0.39, 0.29) is 5.91 Å². The summed E-state index contributed by atoms with van der Waals surface area (Å²) in [6.07, 6.45) is -1.48. The number of nitrogens with two attached hydrogens (primary N) is 1. The van der Waals surface area contributed by atoms with Gasteiger partial charge in [0.25, 0.3) is 5.91 Å². The Bertz CT molecular complexity index is 744. The lowest BCUT2D eigenvalue weighted by atomic mass is 10.1. The van der Waals surface area contributed by atoms with Gasteiger partial charge in [-0.15, -0.1) is 0 Å². The first kappa shape index (κ1) is 18.9. The summed E-state index contributed by atoms with van der Waals surface area (Å²) >= 11 is 0. The van der Waals surface area contributed by atoms with Crippen LogP contribution in [0.3, 0.4) is 0 Å². The number of nitrogens with zero attached hydrogens (tertiary/aromatic N) is 2. The predicted octanol–water partition coefficient (Wildman–Crippen LogP) is 2.04. The van der Waals surface area contributed by atoms with Crippen molar-refractivity contribution in [2.45, 2.75) is 19.1 Å². The molecule has 0 bridgehead atoms. The molecule has 27 heavy (non-hydrogen) atoms.